The van der Waals surface area contributed by atoms with E-state index in [1.165, 1.54) is 40.0 Å². The third-order valence-electron chi connectivity index (χ3n) is 3.65. The van der Waals surface area contributed by atoms with Gasteiger partial charge >= 0.3 is 0 Å². The number of thiazole rings is 1. The Morgan fingerprint density at radius 3 is 2.65 bits per heavy atom. The van der Waals surface area contributed by atoms with Gasteiger partial charge < -0.3 is 10.4 Å². The molecule has 2 rings (SSSR count). The van der Waals surface area contributed by atoms with Crippen LogP contribution in [-0.2, 0) is 10.0 Å². The highest BCUT2D eigenvalue weighted by atomic mass is 32.2. The van der Waals surface area contributed by atoms with Crippen LogP contribution in [0.3, 0.4) is 0 Å². The van der Waals surface area contributed by atoms with Crippen molar-refractivity contribution in [1.82, 2.24) is 9.29 Å². The number of allylic oxidation sites excluding steroid dienone is 1. The highest BCUT2D eigenvalue weighted by Crippen LogP contribution is 2.29. The maximum absolute atomic E-state index is 12.6. The Labute approximate surface area is 157 Å². The Kier molecular flexibility index (Phi) is 6.37. The molecule has 0 saturated heterocycles. The highest BCUT2D eigenvalue weighted by molar-refractivity contribution is 7.89. The number of hydrogen-bond donors (Lipinski definition) is 2. The van der Waals surface area contributed by atoms with Gasteiger partial charge in [0.25, 0.3) is 0 Å². The second-order valence-corrected chi connectivity index (χ2v) is 8.17. The second kappa shape index (κ2) is 8.31. The van der Waals surface area contributed by atoms with E-state index in [0.29, 0.717) is 23.7 Å². The maximum atomic E-state index is 12.6. The van der Waals surface area contributed by atoms with Gasteiger partial charge in [-0.25, -0.2) is 13.4 Å². The number of nitriles is 1. The van der Waals surface area contributed by atoms with Gasteiger partial charge in [0.05, 0.1) is 10.6 Å². The van der Waals surface area contributed by atoms with E-state index >= 15 is 0 Å². The van der Waals surface area contributed by atoms with Crippen molar-refractivity contribution >= 4 is 32.6 Å². The lowest BCUT2D eigenvalue weighted by Gasteiger charge is -2.19. The number of phenolic OH excluding ortho intramolecular Hbond substituents is 1. The number of rotatable bonds is 7. The molecule has 0 radical (unpaired) electrons. The van der Waals surface area contributed by atoms with E-state index in [9.17, 15) is 18.8 Å². The van der Waals surface area contributed by atoms with Gasteiger partial charge in [-0.1, -0.05) is 13.8 Å². The second-order valence-electron chi connectivity index (χ2n) is 5.38. The normalized spacial score (nSPS) is 12.2. The monoisotopic (exact) mass is 392 g/mol. The van der Waals surface area contributed by atoms with Gasteiger partial charge in [0.1, 0.15) is 22.4 Å². The third kappa shape index (κ3) is 4.22. The van der Waals surface area contributed by atoms with Gasteiger partial charge in [0.2, 0.25) is 10.0 Å². The van der Waals surface area contributed by atoms with Crippen LogP contribution >= 0.6 is 11.3 Å². The van der Waals surface area contributed by atoms with Crippen LogP contribution in [0.4, 0.5) is 5.69 Å². The lowest BCUT2D eigenvalue weighted by molar-refractivity contribution is 0.445. The van der Waals surface area contributed by atoms with Crippen molar-refractivity contribution in [3.63, 3.8) is 0 Å². The molecule has 2 aromatic rings. The highest BCUT2D eigenvalue weighted by Gasteiger charge is 2.22. The molecular formula is C17H20N4O3S2. The fourth-order valence-corrected chi connectivity index (χ4v) is 4.52. The lowest BCUT2D eigenvalue weighted by atomic mass is 10.3. The van der Waals surface area contributed by atoms with Crippen LogP contribution in [0.15, 0.2) is 34.7 Å². The van der Waals surface area contributed by atoms with E-state index in [2.05, 4.69) is 10.3 Å². The van der Waals surface area contributed by atoms with Crippen LogP contribution in [-0.4, -0.2) is 35.9 Å². The van der Waals surface area contributed by atoms with Crippen LogP contribution in [0, 0.1) is 18.3 Å². The number of aryl methyl sites for hydroxylation is 1. The molecule has 0 spiro atoms. The largest absolute Gasteiger partial charge is 0.506 e. The van der Waals surface area contributed by atoms with Crippen LogP contribution in [0.25, 0.3) is 5.57 Å². The molecule has 0 aliphatic rings. The Hall–Kier alpha value is -2.41. The van der Waals surface area contributed by atoms with Crippen molar-refractivity contribution in [2.24, 2.45) is 0 Å². The van der Waals surface area contributed by atoms with Gasteiger partial charge in [-0.2, -0.15) is 9.57 Å². The molecule has 1 aromatic heterocycles. The minimum absolute atomic E-state index is 0.0681. The number of hydrogen-bond acceptors (Lipinski definition) is 7. The summed E-state index contributed by atoms with van der Waals surface area (Å²) in [6, 6.07) is 6.06. The molecule has 138 valence electrons. The summed E-state index contributed by atoms with van der Waals surface area (Å²) >= 11 is 1.33. The van der Waals surface area contributed by atoms with Crippen LogP contribution in [0.1, 0.15) is 24.5 Å². The van der Waals surface area contributed by atoms with Crippen molar-refractivity contribution in [1.29, 1.82) is 5.26 Å². The molecule has 26 heavy (non-hydrogen) atoms. The lowest BCUT2D eigenvalue weighted by Crippen LogP contribution is -2.30. The Morgan fingerprint density at radius 2 is 2.12 bits per heavy atom. The van der Waals surface area contributed by atoms with Gasteiger partial charge in [-0.15, -0.1) is 11.3 Å². The number of aromatic nitrogens is 1. The molecule has 0 aliphatic heterocycles. The molecule has 1 heterocycles. The summed E-state index contributed by atoms with van der Waals surface area (Å²) in [4.78, 5) is 4.31. The smallest absolute Gasteiger partial charge is 0.243 e. The summed E-state index contributed by atoms with van der Waals surface area (Å²) in [5.41, 5.74) is 1.29. The summed E-state index contributed by atoms with van der Waals surface area (Å²) in [7, 11) is -3.65. The summed E-state index contributed by atoms with van der Waals surface area (Å²) in [5, 5.41) is 24.5. The summed E-state index contributed by atoms with van der Waals surface area (Å²) in [5.74, 6) is -0.118. The molecular weight excluding hydrogens is 372 g/mol. The Balaban J connectivity index is 2.36. The van der Waals surface area contributed by atoms with Crippen molar-refractivity contribution in [2.75, 3.05) is 18.4 Å². The van der Waals surface area contributed by atoms with Gasteiger partial charge in [0.15, 0.2) is 0 Å². The molecule has 0 atom stereocenters. The first-order valence-corrected chi connectivity index (χ1v) is 10.3. The van der Waals surface area contributed by atoms with E-state index in [0.717, 1.165) is 5.69 Å². The van der Waals surface area contributed by atoms with Crippen LogP contribution in [0.2, 0.25) is 0 Å². The van der Waals surface area contributed by atoms with Crippen molar-refractivity contribution < 1.29 is 13.5 Å². The van der Waals surface area contributed by atoms with E-state index in [-0.39, 0.29) is 16.3 Å². The first-order valence-electron chi connectivity index (χ1n) is 7.96. The standard InChI is InChI=1S/C17H20N4O3S2/c1-4-21(5-2)26(23,24)14-6-7-16(22)15(8-14)19-10-13(9-18)17-20-12(3)11-25-17/h6-8,10-11,19,22H,4-5H2,1-3H3/b13-10+. The number of nitrogens with zero attached hydrogens (tertiary/aromatic N) is 3. The summed E-state index contributed by atoms with van der Waals surface area (Å²) < 4.78 is 26.6. The van der Waals surface area contributed by atoms with E-state index in [1.54, 1.807) is 13.8 Å². The molecule has 0 aliphatic carbocycles. The minimum Gasteiger partial charge on any atom is -0.506 e. The first-order chi connectivity index (χ1) is 12.3. The molecule has 0 unspecified atom stereocenters. The maximum Gasteiger partial charge on any atom is 0.243 e. The minimum atomic E-state index is -3.65. The number of benzene rings is 1. The first kappa shape index (κ1) is 19.9. The molecule has 0 fully saturated rings. The van der Waals surface area contributed by atoms with E-state index < -0.39 is 10.0 Å². The molecule has 0 bridgehead atoms. The zero-order valence-corrected chi connectivity index (χ0v) is 16.4. The third-order valence-corrected chi connectivity index (χ3v) is 6.69. The van der Waals surface area contributed by atoms with Crippen LogP contribution < -0.4 is 5.32 Å². The zero-order valence-electron chi connectivity index (χ0n) is 14.7. The predicted octanol–water partition coefficient (Wildman–Crippen LogP) is 3.16. The summed E-state index contributed by atoms with van der Waals surface area (Å²) in [6.07, 6.45) is 1.40. The molecule has 9 heteroatoms. The number of aromatic hydroxyl groups is 1. The molecule has 1 aromatic carbocycles. The topological polar surface area (TPSA) is 106 Å². The number of anilines is 1. The fraction of sp³-hybridized carbons (Fsp3) is 0.294. The van der Waals surface area contributed by atoms with Crippen molar-refractivity contribution in [3.8, 4) is 11.8 Å². The predicted molar refractivity (Wildman–Crippen MR) is 102 cm³/mol. The van der Waals surface area contributed by atoms with Gasteiger partial charge in [0, 0.05) is 30.4 Å². The van der Waals surface area contributed by atoms with Gasteiger partial charge in [-0.05, 0) is 25.1 Å². The van der Waals surface area contributed by atoms with Crippen molar-refractivity contribution in [3.05, 3.63) is 40.5 Å². The Morgan fingerprint density at radius 1 is 1.42 bits per heavy atom. The number of nitrogens with one attached hydrogen (secondary N) is 1. The van der Waals surface area contributed by atoms with Crippen LogP contribution in [0.5, 0.6) is 5.75 Å². The number of sulfonamides is 1. The average molecular weight is 393 g/mol. The molecule has 0 saturated carbocycles. The SMILES string of the molecule is CCN(CC)S(=O)(=O)c1ccc(O)c(N/C=C(\C#N)c2nc(C)cs2)c1. The molecule has 2 N–H and O–H groups in total. The van der Waals surface area contributed by atoms with Gasteiger partial charge in [-0.3, -0.25) is 0 Å². The average Bonchev–Trinajstić information content (AvgIpc) is 3.04. The Bertz CT molecular complexity index is 955. The fourth-order valence-electron chi connectivity index (χ4n) is 2.27. The quantitative estimate of drug-likeness (QED) is 0.554. The summed E-state index contributed by atoms with van der Waals surface area (Å²) in [6.45, 7) is 6.06. The molecule has 7 nitrogen and oxygen atoms in total. The molecule has 0 amide bonds. The van der Waals surface area contributed by atoms with E-state index in [1.807, 2.05) is 18.4 Å². The zero-order chi connectivity index (χ0) is 19.3. The van der Waals surface area contributed by atoms with E-state index in [4.69, 9.17) is 0 Å². The van der Waals surface area contributed by atoms with Crippen molar-refractivity contribution in [2.45, 2.75) is 25.7 Å². The number of phenols is 1.